The normalized spacial score (nSPS) is 17.0. The first-order valence-corrected chi connectivity index (χ1v) is 11.6. The standard InChI is InChI=1S/C26H30ClNO8/c1-14(2)36-10-9-28-22(16-12-19(33-4)25(35-6)20(13-16)34-5)21(24(30)26(28)31)23(29)15-7-8-17(27)18(11-15)32-3/h7-8,11-14,22,29H,9-10H2,1-6H3/b23-21+. The predicted molar refractivity (Wildman–Crippen MR) is 134 cm³/mol. The highest BCUT2D eigenvalue weighted by Crippen LogP contribution is 2.46. The van der Waals surface area contributed by atoms with Crippen LogP contribution >= 0.6 is 11.6 Å². The molecule has 2 aromatic rings. The van der Waals surface area contributed by atoms with Crippen molar-refractivity contribution in [2.75, 3.05) is 41.6 Å². The van der Waals surface area contributed by atoms with E-state index in [4.69, 9.17) is 35.3 Å². The molecule has 1 unspecified atom stereocenters. The van der Waals surface area contributed by atoms with Crippen molar-refractivity contribution in [3.8, 4) is 23.0 Å². The highest BCUT2D eigenvalue weighted by atomic mass is 35.5. The fraction of sp³-hybridized carbons (Fsp3) is 0.385. The van der Waals surface area contributed by atoms with Gasteiger partial charge in [0.05, 0.1) is 57.8 Å². The summed E-state index contributed by atoms with van der Waals surface area (Å²) in [7, 11) is 5.85. The Kier molecular flexibility index (Phi) is 8.70. The van der Waals surface area contributed by atoms with Crippen molar-refractivity contribution >= 4 is 29.1 Å². The molecule has 1 saturated heterocycles. The van der Waals surface area contributed by atoms with E-state index in [9.17, 15) is 14.7 Å². The lowest BCUT2D eigenvalue weighted by atomic mass is 9.94. The number of carbonyl (C=O) groups is 2. The average Bonchev–Trinajstić information content (AvgIpc) is 3.12. The third-order valence-corrected chi connectivity index (χ3v) is 6.06. The van der Waals surface area contributed by atoms with Crippen LogP contribution in [-0.4, -0.2) is 69.4 Å². The number of hydrogen-bond donors (Lipinski definition) is 1. The quantitative estimate of drug-likeness (QED) is 0.283. The predicted octanol–water partition coefficient (Wildman–Crippen LogP) is 4.22. The number of rotatable bonds is 10. The van der Waals surface area contributed by atoms with Gasteiger partial charge in [0.2, 0.25) is 5.75 Å². The van der Waals surface area contributed by atoms with Gasteiger partial charge in [-0.3, -0.25) is 9.59 Å². The molecule has 0 spiro atoms. The number of aliphatic hydroxyl groups excluding tert-OH is 1. The number of ether oxygens (including phenoxy) is 5. The molecule has 1 N–H and O–H groups in total. The third-order valence-electron chi connectivity index (χ3n) is 5.75. The fourth-order valence-electron chi connectivity index (χ4n) is 4.07. The van der Waals surface area contributed by atoms with Crippen molar-refractivity contribution < 1.29 is 38.4 Å². The van der Waals surface area contributed by atoms with Crippen molar-refractivity contribution in [3.05, 3.63) is 52.1 Å². The van der Waals surface area contributed by atoms with Crippen LogP contribution < -0.4 is 18.9 Å². The highest BCUT2D eigenvalue weighted by Gasteiger charge is 2.46. The van der Waals surface area contributed by atoms with Crippen molar-refractivity contribution in [2.45, 2.75) is 26.0 Å². The van der Waals surface area contributed by atoms with Crippen LogP contribution in [0.2, 0.25) is 5.02 Å². The molecule has 1 aliphatic rings. The summed E-state index contributed by atoms with van der Waals surface area (Å²) in [5, 5.41) is 11.6. The summed E-state index contributed by atoms with van der Waals surface area (Å²) in [4.78, 5) is 27.8. The molecule has 1 amide bonds. The number of carbonyl (C=O) groups excluding carboxylic acids is 2. The molecule has 0 saturated carbocycles. The first-order valence-electron chi connectivity index (χ1n) is 11.2. The lowest BCUT2D eigenvalue weighted by Gasteiger charge is -2.27. The zero-order valence-electron chi connectivity index (χ0n) is 21.1. The van der Waals surface area contributed by atoms with Crippen LogP contribution in [0.25, 0.3) is 5.76 Å². The van der Waals surface area contributed by atoms with Gasteiger partial charge in [-0.15, -0.1) is 0 Å². The molecule has 0 aromatic heterocycles. The number of nitrogens with zero attached hydrogens (tertiary/aromatic N) is 1. The lowest BCUT2D eigenvalue weighted by molar-refractivity contribution is -0.140. The molecule has 3 rings (SSSR count). The summed E-state index contributed by atoms with van der Waals surface area (Å²) in [6.07, 6.45) is -0.0667. The first kappa shape index (κ1) is 27.2. The van der Waals surface area contributed by atoms with Crippen LogP contribution in [0.4, 0.5) is 0 Å². The molecule has 10 heteroatoms. The van der Waals surface area contributed by atoms with Crippen LogP contribution in [0, 0.1) is 0 Å². The van der Waals surface area contributed by atoms with E-state index in [1.54, 1.807) is 18.2 Å². The topological polar surface area (TPSA) is 104 Å². The molecule has 2 aromatic carbocycles. The Morgan fingerprint density at radius 2 is 1.58 bits per heavy atom. The summed E-state index contributed by atoms with van der Waals surface area (Å²) in [5.41, 5.74) is 0.657. The first-order chi connectivity index (χ1) is 17.2. The molecule has 1 fully saturated rings. The number of methoxy groups -OCH3 is 4. The van der Waals surface area contributed by atoms with Gasteiger partial charge >= 0.3 is 0 Å². The van der Waals surface area contributed by atoms with Crippen LogP contribution in [0.5, 0.6) is 23.0 Å². The van der Waals surface area contributed by atoms with E-state index in [1.807, 2.05) is 13.8 Å². The van der Waals surface area contributed by atoms with E-state index in [0.717, 1.165) is 0 Å². The number of aliphatic hydroxyl groups is 1. The van der Waals surface area contributed by atoms with E-state index in [-0.39, 0.29) is 36.2 Å². The molecular weight excluding hydrogens is 490 g/mol. The minimum Gasteiger partial charge on any atom is -0.507 e. The van der Waals surface area contributed by atoms with Gasteiger partial charge in [0, 0.05) is 12.1 Å². The summed E-state index contributed by atoms with van der Waals surface area (Å²) in [6, 6.07) is 6.92. The Hall–Kier alpha value is -3.43. The SMILES string of the molecule is COc1cc(/C(O)=C2\C(=O)C(=O)N(CCOC(C)C)C2c2cc(OC)c(OC)c(OC)c2)ccc1Cl. The lowest BCUT2D eigenvalue weighted by Crippen LogP contribution is -2.33. The van der Waals surface area contributed by atoms with Crippen molar-refractivity contribution in [3.63, 3.8) is 0 Å². The molecule has 36 heavy (non-hydrogen) atoms. The van der Waals surface area contributed by atoms with Crippen molar-refractivity contribution in [1.29, 1.82) is 0 Å². The van der Waals surface area contributed by atoms with Gasteiger partial charge in [0.15, 0.2) is 11.5 Å². The molecule has 9 nitrogen and oxygen atoms in total. The molecule has 1 atom stereocenters. The number of Topliss-reactive ketones (excluding diaryl/α,β-unsaturated/α-hetero) is 1. The molecule has 0 aliphatic carbocycles. The second-order valence-corrected chi connectivity index (χ2v) is 8.63. The Labute approximate surface area is 215 Å². The minimum absolute atomic E-state index is 0.0667. The summed E-state index contributed by atoms with van der Waals surface area (Å²) in [5.74, 6) is -0.619. The van der Waals surface area contributed by atoms with Gasteiger partial charge < -0.3 is 33.7 Å². The Balaban J connectivity index is 2.24. The van der Waals surface area contributed by atoms with Gasteiger partial charge in [0.1, 0.15) is 11.5 Å². The maximum Gasteiger partial charge on any atom is 0.295 e. The van der Waals surface area contributed by atoms with E-state index in [0.29, 0.717) is 33.6 Å². The zero-order valence-corrected chi connectivity index (χ0v) is 21.8. The Bertz CT molecular complexity index is 1150. The second kappa shape index (κ2) is 11.5. The van der Waals surface area contributed by atoms with Gasteiger partial charge in [-0.2, -0.15) is 0 Å². The van der Waals surface area contributed by atoms with Gasteiger partial charge in [-0.05, 0) is 49.7 Å². The molecule has 1 heterocycles. The van der Waals surface area contributed by atoms with Crippen LogP contribution in [0.1, 0.15) is 31.0 Å². The number of likely N-dealkylation sites (tertiary alicyclic amines) is 1. The maximum atomic E-state index is 13.3. The Morgan fingerprint density at radius 1 is 0.972 bits per heavy atom. The van der Waals surface area contributed by atoms with E-state index in [2.05, 4.69) is 0 Å². The van der Waals surface area contributed by atoms with E-state index >= 15 is 0 Å². The van der Waals surface area contributed by atoms with Crippen LogP contribution in [-0.2, 0) is 14.3 Å². The Morgan fingerprint density at radius 3 is 2.11 bits per heavy atom. The molecule has 0 radical (unpaired) electrons. The highest BCUT2D eigenvalue weighted by molar-refractivity contribution is 6.46. The monoisotopic (exact) mass is 519 g/mol. The third kappa shape index (κ3) is 5.22. The average molecular weight is 520 g/mol. The second-order valence-electron chi connectivity index (χ2n) is 8.22. The van der Waals surface area contributed by atoms with Gasteiger partial charge in [-0.25, -0.2) is 0 Å². The molecule has 194 valence electrons. The van der Waals surface area contributed by atoms with E-state index in [1.165, 1.54) is 45.5 Å². The number of halogens is 1. The molecule has 0 bridgehead atoms. The fourth-order valence-corrected chi connectivity index (χ4v) is 4.26. The van der Waals surface area contributed by atoms with Crippen molar-refractivity contribution in [1.82, 2.24) is 4.90 Å². The van der Waals surface area contributed by atoms with Gasteiger partial charge in [-0.1, -0.05) is 11.6 Å². The van der Waals surface area contributed by atoms with Crippen LogP contribution in [0.15, 0.2) is 35.9 Å². The summed E-state index contributed by atoms with van der Waals surface area (Å²) < 4.78 is 27.3. The number of benzene rings is 2. The number of hydrogen-bond acceptors (Lipinski definition) is 8. The zero-order chi connectivity index (χ0) is 26.6. The van der Waals surface area contributed by atoms with Gasteiger partial charge in [0.25, 0.3) is 11.7 Å². The van der Waals surface area contributed by atoms with E-state index < -0.39 is 17.7 Å². The number of amides is 1. The summed E-state index contributed by atoms with van der Waals surface area (Å²) in [6.45, 7) is 4.06. The largest absolute Gasteiger partial charge is 0.507 e. The number of ketones is 1. The molecule has 1 aliphatic heterocycles. The maximum absolute atomic E-state index is 13.3. The van der Waals surface area contributed by atoms with Crippen molar-refractivity contribution in [2.24, 2.45) is 0 Å². The summed E-state index contributed by atoms with van der Waals surface area (Å²) >= 11 is 6.13. The van der Waals surface area contributed by atoms with Crippen LogP contribution in [0.3, 0.4) is 0 Å². The minimum atomic E-state index is -0.948. The smallest absolute Gasteiger partial charge is 0.295 e. The molecular formula is C26H30ClNO8.